The van der Waals surface area contributed by atoms with Crippen molar-refractivity contribution in [1.82, 2.24) is 24.9 Å². The predicted octanol–water partition coefficient (Wildman–Crippen LogP) is -0.302. The quantitative estimate of drug-likeness (QED) is 0.745. The van der Waals surface area contributed by atoms with Gasteiger partial charge in [0, 0.05) is 31.8 Å². The third-order valence-electron chi connectivity index (χ3n) is 4.32. The van der Waals surface area contributed by atoms with E-state index in [-0.39, 0.29) is 17.9 Å². The van der Waals surface area contributed by atoms with Gasteiger partial charge in [0.1, 0.15) is 6.10 Å². The minimum Gasteiger partial charge on any atom is -0.460 e. The van der Waals surface area contributed by atoms with Crippen LogP contribution in [0, 0.1) is 5.82 Å². The molecule has 2 aliphatic rings. The molecule has 0 amide bonds. The number of nitrogens with zero attached hydrogens (tertiary/aromatic N) is 3. The van der Waals surface area contributed by atoms with Gasteiger partial charge in [-0.15, -0.1) is 0 Å². The van der Waals surface area contributed by atoms with Crippen LogP contribution in [-0.2, 0) is 10.0 Å². The summed E-state index contributed by atoms with van der Waals surface area (Å²) in [6.07, 6.45) is 3.05. The molecule has 0 unspecified atom stereocenters. The highest BCUT2D eigenvalue weighted by molar-refractivity contribution is 7.89. The molecule has 0 bridgehead atoms. The number of rotatable bonds is 5. The fourth-order valence-electron chi connectivity index (χ4n) is 3.01. The average molecular weight is 359 g/mol. The Bertz CT molecular complexity index is 655. The lowest BCUT2D eigenvalue weighted by atomic mass is 10.1. The Labute approximate surface area is 140 Å². The van der Waals surface area contributed by atoms with E-state index in [2.05, 4.69) is 20.6 Å². The molecule has 2 N–H and O–H groups in total. The molecule has 1 aromatic rings. The van der Waals surface area contributed by atoms with E-state index in [0.717, 1.165) is 12.4 Å². The van der Waals surface area contributed by atoms with Gasteiger partial charge in [0.25, 0.3) is 0 Å². The molecule has 1 aromatic heterocycles. The van der Waals surface area contributed by atoms with E-state index in [1.807, 2.05) is 6.92 Å². The van der Waals surface area contributed by atoms with Gasteiger partial charge in [-0.25, -0.2) is 27.1 Å². The van der Waals surface area contributed by atoms with Crippen molar-refractivity contribution in [2.24, 2.45) is 0 Å². The van der Waals surface area contributed by atoms with E-state index in [9.17, 15) is 12.8 Å². The Morgan fingerprint density at radius 1 is 1.38 bits per heavy atom. The molecule has 2 aliphatic heterocycles. The van der Waals surface area contributed by atoms with Gasteiger partial charge in [-0.2, -0.15) is 0 Å². The lowest BCUT2D eigenvalue weighted by Crippen LogP contribution is -2.51. The summed E-state index contributed by atoms with van der Waals surface area (Å²) < 4.78 is 45.1. The van der Waals surface area contributed by atoms with E-state index >= 15 is 0 Å². The van der Waals surface area contributed by atoms with Gasteiger partial charge in [-0.3, -0.25) is 5.32 Å². The van der Waals surface area contributed by atoms with E-state index in [0.29, 0.717) is 39.1 Å². The van der Waals surface area contributed by atoms with Crippen LogP contribution in [0.4, 0.5) is 4.39 Å². The molecule has 24 heavy (non-hydrogen) atoms. The highest BCUT2D eigenvalue weighted by Gasteiger charge is 2.37. The summed E-state index contributed by atoms with van der Waals surface area (Å²) in [4.78, 5) is 7.52. The van der Waals surface area contributed by atoms with Crippen LogP contribution >= 0.6 is 0 Å². The zero-order chi connectivity index (χ0) is 17.2. The molecule has 2 saturated heterocycles. The third-order valence-corrected chi connectivity index (χ3v) is 6.47. The Hall–Kier alpha value is -1.36. The second kappa shape index (κ2) is 6.87. The molecule has 0 aliphatic carbocycles. The van der Waals surface area contributed by atoms with Crippen molar-refractivity contribution in [2.45, 2.75) is 31.4 Å². The number of halogens is 1. The second-order valence-corrected chi connectivity index (χ2v) is 8.47. The third kappa shape index (κ3) is 4.18. The lowest BCUT2D eigenvalue weighted by Gasteiger charge is -2.33. The molecule has 3 heterocycles. The number of hydrogen-bond donors (Lipinski definition) is 2. The van der Waals surface area contributed by atoms with Crippen LogP contribution in [0.1, 0.15) is 19.8 Å². The highest BCUT2D eigenvalue weighted by atomic mass is 32.2. The largest absolute Gasteiger partial charge is 0.460 e. The summed E-state index contributed by atoms with van der Waals surface area (Å²) in [6.45, 7) is 3.97. The first-order chi connectivity index (χ1) is 11.4. The summed E-state index contributed by atoms with van der Waals surface area (Å²) in [5.41, 5.74) is -0.436. The molecule has 0 spiro atoms. The van der Waals surface area contributed by atoms with Crippen LogP contribution in [0.2, 0.25) is 0 Å². The molecule has 1 atom stereocenters. The van der Waals surface area contributed by atoms with Crippen LogP contribution in [-0.4, -0.2) is 66.4 Å². The Morgan fingerprint density at radius 3 is 2.62 bits per heavy atom. The molecular weight excluding hydrogens is 337 g/mol. The predicted molar refractivity (Wildman–Crippen MR) is 85.4 cm³/mol. The second-order valence-electron chi connectivity index (χ2n) is 6.50. The van der Waals surface area contributed by atoms with E-state index < -0.39 is 21.4 Å². The molecule has 0 saturated carbocycles. The van der Waals surface area contributed by atoms with Gasteiger partial charge in [0.2, 0.25) is 10.0 Å². The fourth-order valence-corrected chi connectivity index (χ4v) is 4.97. The topological polar surface area (TPSA) is 96.5 Å². The number of piperidine rings is 1. The van der Waals surface area contributed by atoms with Crippen molar-refractivity contribution in [3.63, 3.8) is 0 Å². The van der Waals surface area contributed by atoms with E-state index in [4.69, 9.17) is 4.74 Å². The molecule has 8 nitrogen and oxygen atoms in total. The molecule has 2 fully saturated rings. The van der Waals surface area contributed by atoms with Crippen molar-refractivity contribution in [3.8, 4) is 6.01 Å². The first-order valence-electron chi connectivity index (χ1n) is 7.94. The first-order valence-corrected chi connectivity index (χ1v) is 9.55. The number of sulfonamides is 1. The van der Waals surface area contributed by atoms with Crippen molar-refractivity contribution < 1.29 is 17.5 Å². The van der Waals surface area contributed by atoms with Crippen LogP contribution in [0.3, 0.4) is 0 Å². The van der Waals surface area contributed by atoms with Crippen molar-refractivity contribution in [1.29, 1.82) is 0 Å². The maximum absolute atomic E-state index is 12.8. The summed E-state index contributed by atoms with van der Waals surface area (Å²) in [7, 11) is -3.33. The van der Waals surface area contributed by atoms with E-state index in [1.54, 1.807) is 0 Å². The Kier molecular flexibility index (Phi) is 5.00. The van der Waals surface area contributed by atoms with Crippen LogP contribution in [0.5, 0.6) is 6.01 Å². The SMILES string of the molecule is C[C@@]1(CS(=O)(=O)N2CCC(Oc3ncc(F)cn3)CC2)CNCN1. The standard InChI is InChI=1S/C14H22FN5O3S/c1-14(8-16-10-19-14)9-24(21,22)20-4-2-12(3-5-20)23-13-17-6-11(15)7-18-13/h6-7,12,16,19H,2-5,8-10H2,1H3/t14-/m0/s1. The smallest absolute Gasteiger partial charge is 0.316 e. The molecule has 0 radical (unpaired) electrons. The monoisotopic (exact) mass is 359 g/mol. The Morgan fingerprint density at radius 2 is 2.04 bits per heavy atom. The van der Waals surface area contributed by atoms with Gasteiger partial charge in [-0.1, -0.05) is 0 Å². The maximum atomic E-state index is 12.8. The van der Waals surface area contributed by atoms with Gasteiger partial charge in [-0.05, 0) is 19.8 Å². The summed E-state index contributed by atoms with van der Waals surface area (Å²) in [5.74, 6) is -0.452. The molecule has 0 aromatic carbocycles. The summed E-state index contributed by atoms with van der Waals surface area (Å²) in [6, 6.07) is 0.117. The maximum Gasteiger partial charge on any atom is 0.316 e. The zero-order valence-corrected chi connectivity index (χ0v) is 14.4. The molecular formula is C14H22FN5O3S. The van der Waals surface area contributed by atoms with Crippen LogP contribution < -0.4 is 15.4 Å². The lowest BCUT2D eigenvalue weighted by molar-refractivity contribution is 0.123. The van der Waals surface area contributed by atoms with Crippen molar-refractivity contribution >= 4 is 10.0 Å². The Balaban J connectivity index is 1.53. The van der Waals surface area contributed by atoms with Crippen LogP contribution in [0.25, 0.3) is 0 Å². The molecule has 134 valence electrons. The van der Waals surface area contributed by atoms with Gasteiger partial charge >= 0.3 is 6.01 Å². The van der Waals surface area contributed by atoms with Crippen LogP contribution in [0.15, 0.2) is 12.4 Å². The fraction of sp³-hybridized carbons (Fsp3) is 0.714. The number of nitrogens with one attached hydrogen (secondary N) is 2. The number of hydrogen-bond acceptors (Lipinski definition) is 7. The number of aromatic nitrogens is 2. The summed E-state index contributed by atoms with van der Waals surface area (Å²) >= 11 is 0. The molecule has 10 heteroatoms. The normalized spacial score (nSPS) is 26.6. The van der Waals surface area contributed by atoms with Gasteiger partial charge < -0.3 is 10.1 Å². The zero-order valence-electron chi connectivity index (χ0n) is 13.5. The minimum atomic E-state index is -3.33. The van der Waals surface area contributed by atoms with Gasteiger partial charge in [0.05, 0.1) is 18.1 Å². The van der Waals surface area contributed by atoms with Gasteiger partial charge in [0.15, 0.2) is 5.82 Å². The minimum absolute atomic E-state index is 0.0690. The summed E-state index contributed by atoms with van der Waals surface area (Å²) in [5, 5.41) is 6.31. The van der Waals surface area contributed by atoms with Crippen molar-refractivity contribution in [3.05, 3.63) is 18.2 Å². The van der Waals surface area contributed by atoms with E-state index in [1.165, 1.54) is 4.31 Å². The van der Waals surface area contributed by atoms with Crippen molar-refractivity contribution in [2.75, 3.05) is 32.1 Å². The number of ether oxygens (including phenoxy) is 1. The molecule has 3 rings (SSSR count). The average Bonchev–Trinajstić information content (AvgIpc) is 2.95. The first kappa shape index (κ1) is 17.5. The highest BCUT2D eigenvalue weighted by Crippen LogP contribution is 2.21.